The zero-order valence-electron chi connectivity index (χ0n) is 10.0. The summed E-state index contributed by atoms with van der Waals surface area (Å²) in [7, 11) is 0. The Hall–Kier alpha value is -0.640. The van der Waals surface area contributed by atoms with Gasteiger partial charge in [0.25, 0.3) is 0 Å². The molecule has 0 aliphatic heterocycles. The first-order chi connectivity index (χ1) is 8.43. The molecule has 0 bridgehead atoms. The molecule has 18 heavy (non-hydrogen) atoms. The lowest BCUT2D eigenvalue weighted by Gasteiger charge is -2.19. The van der Waals surface area contributed by atoms with Crippen molar-refractivity contribution in [2.24, 2.45) is 5.92 Å². The van der Waals surface area contributed by atoms with Crippen LogP contribution in [0.2, 0.25) is 10.0 Å². The van der Waals surface area contributed by atoms with Gasteiger partial charge >= 0.3 is 6.09 Å². The van der Waals surface area contributed by atoms with E-state index in [0.717, 1.165) is 0 Å². The Morgan fingerprint density at radius 2 is 2.06 bits per heavy atom. The number of anilines is 1. The Balaban J connectivity index is 2.67. The maximum absolute atomic E-state index is 11.7. The van der Waals surface area contributed by atoms with Crippen LogP contribution in [0.1, 0.15) is 13.8 Å². The first-order valence-electron chi connectivity index (χ1n) is 5.42. The van der Waals surface area contributed by atoms with Crippen LogP contribution >= 0.6 is 34.8 Å². The van der Waals surface area contributed by atoms with E-state index in [-0.39, 0.29) is 17.9 Å². The van der Waals surface area contributed by atoms with Crippen LogP contribution in [-0.4, -0.2) is 18.1 Å². The monoisotopic (exact) mass is 309 g/mol. The number of carbonyl (C=O) groups is 1. The molecule has 6 heteroatoms. The summed E-state index contributed by atoms with van der Waals surface area (Å²) in [5.41, 5.74) is 0.409. The summed E-state index contributed by atoms with van der Waals surface area (Å²) in [5, 5.41) is 3.41. The molecule has 1 unspecified atom stereocenters. The molecular weight excluding hydrogens is 296 g/mol. The third kappa shape index (κ3) is 4.56. The van der Waals surface area contributed by atoms with Gasteiger partial charge in [-0.05, 0) is 24.1 Å². The zero-order chi connectivity index (χ0) is 13.7. The number of hydrogen-bond donors (Lipinski definition) is 1. The van der Waals surface area contributed by atoms with E-state index in [4.69, 9.17) is 39.5 Å². The van der Waals surface area contributed by atoms with Crippen molar-refractivity contribution in [1.29, 1.82) is 0 Å². The molecule has 0 fully saturated rings. The lowest BCUT2D eigenvalue weighted by atomic mass is 10.1. The standard InChI is InChI=1S/C12H14Cl3NO2/c1-7(2)11(6-13)18-12(17)16-10-5-8(14)3-4-9(10)15/h3-5,7,11H,6H2,1-2H3,(H,16,17). The highest BCUT2D eigenvalue weighted by atomic mass is 35.5. The average molecular weight is 311 g/mol. The molecule has 1 N–H and O–H groups in total. The Kier molecular flexibility index (Phi) is 6.06. The Morgan fingerprint density at radius 1 is 1.39 bits per heavy atom. The van der Waals surface area contributed by atoms with Crippen molar-refractivity contribution in [2.45, 2.75) is 20.0 Å². The highest BCUT2D eigenvalue weighted by molar-refractivity contribution is 6.35. The van der Waals surface area contributed by atoms with E-state index in [0.29, 0.717) is 15.7 Å². The summed E-state index contributed by atoms with van der Waals surface area (Å²) < 4.78 is 5.18. The van der Waals surface area contributed by atoms with Crippen molar-refractivity contribution in [3.8, 4) is 0 Å². The maximum Gasteiger partial charge on any atom is 0.411 e. The molecule has 0 aromatic heterocycles. The summed E-state index contributed by atoms with van der Waals surface area (Å²) in [6.07, 6.45) is -0.942. The fraction of sp³-hybridized carbons (Fsp3) is 0.417. The summed E-state index contributed by atoms with van der Waals surface area (Å²) >= 11 is 17.4. The lowest BCUT2D eigenvalue weighted by Crippen LogP contribution is -2.28. The third-order valence-corrected chi connectivity index (χ3v) is 3.19. The van der Waals surface area contributed by atoms with Crippen LogP contribution in [0.3, 0.4) is 0 Å². The second-order valence-electron chi connectivity index (χ2n) is 4.09. The highest BCUT2D eigenvalue weighted by Crippen LogP contribution is 2.25. The van der Waals surface area contributed by atoms with E-state index >= 15 is 0 Å². The average Bonchev–Trinajstić information content (AvgIpc) is 2.30. The minimum absolute atomic E-state index is 0.142. The van der Waals surface area contributed by atoms with Gasteiger partial charge in [0.15, 0.2) is 0 Å². The summed E-state index contributed by atoms with van der Waals surface area (Å²) in [4.78, 5) is 11.7. The van der Waals surface area contributed by atoms with E-state index < -0.39 is 6.09 Å². The van der Waals surface area contributed by atoms with Crippen LogP contribution in [0.15, 0.2) is 18.2 Å². The van der Waals surface area contributed by atoms with Crippen LogP contribution in [0, 0.1) is 5.92 Å². The van der Waals surface area contributed by atoms with Gasteiger partial charge in [0, 0.05) is 5.02 Å². The number of carbonyl (C=O) groups excluding carboxylic acids is 1. The fourth-order valence-electron chi connectivity index (χ4n) is 1.22. The largest absolute Gasteiger partial charge is 0.444 e. The Bertz CT molecular complexity index is 424. The number of hydrogen-bond acceptors (Lipinski definition) is 2. The molecule has 1 aromatic carbocycles. The van der Waals surface area contributed by atoms with Crippen LogP contribution in [-0.2, 0) is 4.74 Å². The molecule has 0 aliphatic rings. The van der Waals surface area contributed by atoms with Crippen molar-refractivity contribution in [3.05, 3.63) is 28.2 Å². The fourth-order valence-corrected chi connectivity index (χ4v) is 1.97. The molecular formula is C12H14Cl3NO2. The van der Waals surface area contributed by atoms with E-state index in [1.807, 2.05) is 13.8 Å². The number of amides is 1. The van der Waals surface area contributed by atoms with Crippen LogP contribution in [0.4, 0.5) is 10.5 Å². The summed E-state index contributed by atoms with van der Waals surface area (Å²) in [5.74, 6) is 0.386. The zero-order valence-corrected chi connectivity index (χ0v) is 12.3. The first-order valence-corrected chi connectivity index (χ1v) is 6.71. The second kappa shape index (κ2) is 7.07. The number of rotatable bonds is 4. The van der Waals surface area contributed by atoms with Crippen molar-refractivity contribution >= 4 is 46.6 Å². The molecule has 1 rings (SSSR count). The van der Waals surface area contributed by atoms with Crippen molar-refractivity contribution in [1.82, 2.24) is 0 Å². The van der Waals surface area contributed by atoms with Gasteiger partial charge in [-0.15, -0.1) is 11.6 Å². The van der Waals surface area contributed by atoms with Gasteiger partial charge < -0.3 is 4.74 Å². The molecule has 1 amide bonds. The van der Waals surface area contributed by atoms with E-state index in [1.165, 1.54) is 0 Å². The molecule has 0 radical (unpaired) electrons. The van der Waals surface area contributed by atoms with Crippen LogP contribution in [0.5, 0.6) is 0 Å². The van der Waals surface area contributed by atoms with Gasteiger partial charge in [0.2, 0.25) is 0 Å². The third-order valence-electron chi connectivity index (χ3n) is 2.32. The minimum Gasteiger partial charge on any atom is -0.444 e. The van der Waals surface area contributed by atoms with Crippen molar-refractivity contribution < 1.29 is 9.53 Å². The molecule has 0 heterocycles. The SMILES string of the molecule is CC(C)C(CCl)OC(=O)Nc1cc(Cl)ccc1Cl. The van der Waals surface area contributed by atoms with Gasteiger partial charge in [0.05, 0.1) is 16.6 Å². The summed E-state index contributed by atoms with van der Waals surface area (Å²) in [6, 6.07) is 4.79. The number of alkyl halides is 1. The Labute approximate surface area is 121 Å². The predicted octanol–water partition coefficient (Wildman–Crippen LogP) is 4.81. The smallest absolute Gasteiger partial charge is 0.411 e. The molecule has 0 aliphatic carbocycles. The first kappa shape index (κ1) is 15.4. The number of ether oxygens (including phenoxy) is 1. The van der Waals surface area contributed by atoms with E-state index in [2.05, 4.69) is 5.32 Å². The van der Waals surface area contributed by atoms with Gasteiger partial charge in [-0.2, -0.15) is 0 Å². The predicted molar refractivity (Wildman–Crippen MR) is 75.9 cm³/mol. The highest BCUT2D eigenvalue weighted by Gasteiger charge is 2.17. The molecule has 0 saturated heterocycles. The van der Waals surface area contributed by atoms with Gasteiger partial charge in [-0.1, -0.05) is 37.0 Å². The quantitative estimate of drug-likeness (QED) is 0.811. The molecule has 3 nitrogen and oxygen atoms in total. The number of nitrogens with one attached hydrogen (secondary N) is 1. The van der Waals surface area contributed by atoms with Gasteiger partial charge in [-0.25, -0.2) is 4.79 Å². The van der Waals surface area contributed by atoms with Crippen molar-refractivity contribution in [2.75, 3.05) is 11.2 Å². The van der Waals surface area contributed by atoms with Crippen LogP contribution < -0.4 is 5.32 Å². The molecule has 100 valence electrons. The van der Waals surface area contributed by atoms with Crippen molar-refractivity contribution in [3.63, 3.8) is 0 Å². The molecule has 0 spiro atoms. The Morgan fingerprint density at radius 3 is 2.61 bits per heavy atom. The van der Waals surface area contributed by atoms with Gasteiger partial charge in [-0.3, -0.25) is 5.32 Å². The normalized spacial score (nSPS) is 12.3. The lowest BCUT2D eigenvalue weighted by molar-refractivity contribution is 0.0960. The summed E-state index contributed by atoms with van der Waals surface area (Å²) in [6.45, 7) is 3.85. The maximum atomic E-state index is 11.7. The number of benzene rings is 1. The van der Waals surface area contributed by atoms with Crippen LogP contribution in [0.25, 0.3) is 0 Å². The molecule has 0 saturated carbocycles. The molecule has 1 atom stereocenters. The van der Waals surface area contributed by atoms with E-state index in [9.17, 15) is 4.79 Å². The number of halogens is 3. The van der Waals surface area contributed by atoms with E-state index in [1.54, 1.807) is 18.2 Å². The topological polar surface area (TPSA) is 38.3 Å². The molecule has 1 aromatic rings. The second-order valence-corrected chi connectivity index (χ2v) is 5.24. The minimum atomic E-state index is -0.599. The van der Waals surface area contributed by atoms with Gasteiger partial charge in [0.1, 0.15) is 6.10 Å².